The van der Waals surface area contributed by atoms with E-state index < -0.39 is 12.3 Å². The van der Waals surface area contributed by atoms with Gasteiger partial charge >= 0.3 is 12.3 Å². The van der Waals surface area contributed by atoms with Crippen molar-refractivity contribution in [2.75, 3.05) is 26.4 Å². The molecule has 0 aromatic rings. The molecule has 0 N–H and O–H groups in total. The van der Waals surface area contributed by atoms with Gasteiger partial charge in [0.15, 0.2) is 0 Å². The Balaban J connectivity index is 0. The second-order valence-electron chi connectivity index (χ2n) is 3.06. The minimum absolute atomic E-state index is 0.374. The van der Waals surface area contributed by atoms with Gasteiger partial charge in [-0.15, -0.1) is 0 Å². The molecule has 0 fully saturated rings. The van der Waals surface area contributed by atoms with E-state index in [2.05, 4.69) is 18.9 Å². The van der Waals surface area contributed by atoms with E-state index in [0.717, 1.165) is 12.8 Å². The van der Waals surface area contributed by atoms with Crippen LogP contribution in [0.4, 0.5) is 9.59 Å². The first-order chi connectivity index (χ1) is 8.62. The van der Waals surface area contributed by atoms with Crippen LogP contribution in [0.15, 0.2) is 0 Å². The number of carbonyl (C=O) groups is 2. The summed E-state index contributed by atoms with van der Waals surface area (Å²) in [6.45, 7) is 8.98. The van der Waals surface area contributed by atoms with E-state index in [-0.39, 0.29) is 0 Å². The molecule has 0 radical (unpaired) electrons. The summed E-state index contributed by atoms with van der Waals surface area (Å²) in [7, 11) is 0. The van der Waals surface area contributed by atoms with E-state index in [0.29, 0.717) is 26.4 Å². The summed E-state index contributed by atoms with van der Waals surface area (Å²) >= 11 is 0. The van der Waals surface area contributed by atoms with Gasteiger partial charge in [0.1, 0.15) is 0 Å². The van der Waals surface area contributed by atoms with Crippen molar-refractivity contribution in [2.45, 2.75) is 40.5 Å². The number of hydrogen-bond acceptors (Lipinski definition) is 6. The average Bonchev–Trinajstić information content (AvgIpc) is 2.35. The van der Waals surface area contributed by atoms with Crippen LogP contribution in [0.5, 0.6) is 0 Å². The molecule has 0 aromatic heterocycles. The van der Waals surface area contributed by atoms with Crippen LogP contribution >= 0.6 is 0 Å². The maximum absolute atomic E-state index is 10.5. The third-order valence-electron chi connectivity index (χ3n) is 1.37. The zero-order valence-electron chi connectivity index (χ0n) is 11.7. The summed E-state index contributed by atoms with van der Waals surface area (Å²) in [5.74, 6) is 0. The summed E-state index contributed by atoms with van der Waals surface area (Å²) < 4.78 is 18.1. The number of ether oxygens (including phenoxy) is 4. The Bertz CT molecular complexity index is 187. The van der Waals surface area contributed by atoms with Gasteiger partial charge in [0, 0.05) is 0 Å². The standard InChI is InChI=1S/C7H14O3.C5H10O3/c1-3-5-9-7(8)10-6-4-2;1-3-7-5(6)8-4-2/h3-6H2,1-2H3;3-4H2,1-2H3. The molecule has 6 nitrogen and oxygen atoms in total. The SMILES string of the molecule is CCCOC(=O)OCCC.CCOC(=O)OCC. The fourth-order valence-corrected chi connectivity index (χ4v) is 0.690. The van der Waals surface area contributed by atoms with Gasteiger partial charge in [-0.25, -0.2) is 9.59 Å². The van der Waals surface area contributed by atoms with Gasteiger partial charge in [-0.1, -0.05) is 13.8 Å². The van der Waals surface area contributed by atoms with Gasteiger partial charge in [-0.2, -0.15) is 0 Å². The highest BCUT2D eigenvalue weighted by molar-refractivity contribution is 5.59. The first kappa shape index (κ1) is 18.9. The Morgan fingerprint density at radius 3 is 1.28 bits per heavy atom. The van der Waals surface area contributed by atoms with Gasteiger partial charge in [0.25, 0.3) is 0 Å². The van der Waals surface area contributed by atoms with Gasteiger partial charge in [0.05, 0.1) is 26.4 Å². The first-order valence-corrected chi connectivity index (χ1v) is 6.21. The van der Waals surface area contributed by atoms with Crippen molar-refractivity contribution in [1.82, 2.24) is 0 Å². The van der Waals surface area contributed by atoms with Gasteiger partial charge in [-0.3, -0.25) is 0 Å². The Morgan fingerprint density at radius 2 is 1.00 bits per heavy atom. The summed E-state index contributed by atoms with van der Waals surface area (Å²) in [5.41, 5.74) is 0. The van der Waals surface area contributed by atoms with Crippen LogP contribution in [-0.2, 0) is 18.9 Å². The van der Waals surface area contributed by atoms with E-state index >= 15 is 0 Å². The molecule has 0 aliphatic carbocycles. The van der Waals surface area contributed by atoms with Crippen molar-refractivity contribution in [3.8, 4) is 0 Å². The molecule has 0 saturated carbocycles. The second kappa shape index (κ2) is 15.5. The summed E-state index contributed by atoms with van der Waals surface area (Å²) in [6, 6.07) is 0. The molecule has 0 bridgehead atoms. The molecule has 0 rings (SSSR count). The largest absolute Gasteiger partial charge is 0.508 e. The summed E-state index contributed by atoms with van der Waals surface area (Å²) in [5, 5.41) is 0. The second-order valence-corrected chi connectivity index (χ2v) is 3.06. The van der Waals surface area contributed by atoms with E-state index in [1.165, 1.54) is 0 Å². The van der Waals surface area contributed by atoms with Gasteiger partial charge in [0.2, 0.25) is 0 Å². The Morgan fingerprint density at radius 1 is 0.667 bits per heavy atom. The normalized spacial score (nSPS) is 8.67. The lowest BCUT2D eigenvalue weighted by molar-refractivity contribution is 0.0553. The van der Waals surface area contributed by atoms with Crippen LogP contribution in [0.25, 0.3) is 0 Å². The molecule has 0 aliphatic heterocycles. The molecular weight excluding hydrogens is 240 g/mol. The zero-order valence-corrected chi connectivity index (χ0v) is 11.7. The third kappa shape index (κ3) is 17.0. The van der Waals surface area contributed by atoms with E-state index in [1.807, 2.05) is 13.8 Å². The van der Waals surface area contributed by atoms with Crippen LogP contribution in [-0.4, -0.2) is 38.7 Å². The van der Waals surface area contributed by atoms with Crippen molar-refractivity contribution in [3.05, 3.63) is 0 Å². The van der Waals surface area contributed by atoms with Gasteiger partial charge < -0.3 is 18.9 Å². The Kier molecular flexibility index (Phi) is 16.3. The van der Waals surface area contributed by atoms with E-state index in [4.69, 9.17) is 0 Å². The lowest BCUT2D eigenvalue weighted by Crippen LogP contribution is -2.08. The van der Waals surface area contributed by atoms with E-state index in [9.17, 15) is 9.59 Å². The molecule has 0 atom stereocenters. The molecule has 0 unspecified atom stereocenters. The molecule has 0 spiro atoms. The monoisotopic (exact) mass is 264 g/mol. The quantitative estimate of drug-likeness (QED) is 0.686. The van der Waals surface area contributed by atoms with Crippen LogP contribution in [0.2, 0.25) is 0 Å². The lowest BCUT2D eigenvalue weighted by atomic mass is 10.5. The molecule has 18 heavy (non-hydrogen) atoms. The molecule has 108 valence electrons. The molecule has 0 amide bonds. The fourth-order valence-electron chi connectivity index (χ4n) is 0.690. The Labute approximate surface area is 109 Å². The zero-order chi connectivity index (χ0) is 14.2. The molecule has 0 aliphatic rings. The fraction of sp³-hybridized carbons (Fsp3) is 0.833. The predicted octanol–water partition coefficient (Wildman–Crippen LogP) is 3.14. The highest BCUT2D eigenvalue weighted by Gasteiger charge is 1.99. The molecular formula is C12H24O6. The third-order valence-corrected chi connectivity index (χ3v) is 1.37. The molecule has 0 saturated heterocycles. The first-order valence-electron chi connectivity index (χ1n) is 6.21. The van der Waals surface area contributed by atoms with Crippen molar-refractivity contribution < 1.29 is 28.5 Å². The lowest BCUT2D eigenvalue weighted by Gasteiger charge is -2.02. The number of hydrogen-bond donors (Lipinski definition) is 0. The highest BCUT2D eigenvalue weighted by atomic mass is 16.7. The number of rotatable bonds is 6. The maximum Gasteiger partial charge on any atom is 0.508 e. The summed E-state index contributed by atoms with van der Waals surface area (Å²) in [4.78, 5) is 20.7. The minimum Gasteiger partial charge on any atom is -0.435 e. The Hall–Kier alpha value is -1.46. The van der Waals surface area contributed by atoms with Crippen molar-refractivity contribution >= 4 is 12.3 Å². The topological polar surface area (TPSA) is 71.1 Å². The number of carbonyl (C=O) groups excluding carboxylic acids is 2. The molecule has 6 heteroatoms. The average molecular weight is 264 g/mol. The van der Waals surface area contributed by atoms with Crippen molar-refractivity contribution in [2.24, 2.45) is 0 Å². The summed E-state index contributed by atoms with van der Waals surface area (Å²) in [6.07, 6.45) is 0.529. The minimum atomic E-state index is -0.588. The predicted molar refractivity (Wildman–Crippen MR) is 66.5 cm³/mol. The molecule has 0 heterocycles. The van der Waals surface area contributed by atoms with Gasteiger partial charge in [-0.05, 0) is 26.7 Å². The van der Waals surface area contributed by atoms with Crippen LogP contribution in [0.3, 0.4) is 0 Å². The highest BCUT2D eigenvalue weighted by Crippen LogP contribution is 1.88. The van der Waals surface area contributed by atoms with E-state index in [1.54, 1.807) is 13.8 Å². The van der Waals surface area contributed by atoms with Crippen LogP contribution in [0, 0.1) is 0 Å². The van der Waals surface area contributed by atoms with Crippen LogP contribution < -0.4 is 0 Å². The van der Waals surface area contributed by atoms with Crippen LogP contribution in [0.1, 0.15) is 40.5 Å². The maximum atomic E-state index is 10.5. The smallest absolute Gasteiger partial charge is 0.435 e. The van der Waals surface area contributed by atoms with Crippen molar-refractivity contribution in [3.63, 3.8) is 0 Å². The molecule has 0 aromatic carbocycles. The van der Waals surface area contributed by atoms with Crippen molar-refractivity contribution in [1.29, 1.82) is 0 Å².